The SMILES string of the molecule is C=CCCC(O)c1ccnc2ccccc12. The molecule has 1 unspecified atom stereocenters. The van der Waals surface area contributed by atoms with Crippen molar-refractivity contribution in [2.75, 3.05) is 0 Å². The third-order valence-electron chi connectivity index (χ3n) is 2.69. The number of nitrogens with zero attached hydrogens (tertiary/aromatic N) is 1. The fraction of sp³-hybridized carbons (Fsp3) is 0.214. The molecule has 2 nitrogen and oxygen atoms in total. The average molecular weight is 213 g/mol. The predicted octanol–water partition coefficient (Wildman–Crippen LogP) is 3.23. The summed E-state index contributed by atoms with van der Waals surface area (Å²) >= 11 is 0. The van der Waals surface area contributed by atoms with Crippen LogP contribution in [-0.2, 0) is 0 Å². The minimum absolute atomic E-state index is 0.439. The van der Waals surface area contributed by atoms with E-state index in [0.717, 1.165) is 22.9 Å². The molecule has 0 saturated carbocycles. The summed E-state index contributed by atoms with van der Waals surface area (Å²) in [4.78, 5) is 4.27. The van der Waals surface area contributed by atoms with Crippen molar-refractivity contribution in [2.45, 2.75) is 18.9 Å². The first-order valence-corrected chi connectivity index (χ1v) is 5.45. The van der Waals surface area contributed by atoms with E-state index in [4.69, 9.17) is 0 Å². The van der Waals surface area contributed by atoms with Crippen molar-refractivity contribution in [3.05, 3.63) is 54.7 Å². The summed E-state index contributed by atoms with van der Waals surface area (Å²) < 4.78 is 0. The number of para-hydroxylation sites is 1. The molecule has 0 radical (unpaired) electrons. The number of aliphatic hydroxyl groups is 1. The second-order valence-electron chi connectivity index (χ2n) is 3.80. The number of aromatic nitrogens is 1. The van der Waals surface area contributed by atoms with Crippen LogP contribution < -0.4 is 0 Å². The maximum Gasteiger partial charge on any atom is 0.0800 e. The van der Waals surface area contributed by atoms with Crippen LogP contribution >= 0.6 is 0 Å². The first kappa shape index (κ1) is 10.8. The quantitative estimate of drug-likeness (QED) is 0.791. The van der Waals surface area contributed by atoms with Crippen LogP contribution in [0.1, 0.15) is 24.5 Å². The molecule has 1 aromatic heterocycles. The average Bonchev–Trinajstić information content (AvgIpc) is 2.35. The van der Waals surface area contributed by atoms with Crippen molar-refractivity contribution >= 4 is 10.9 Å². The van der Waals surface area contributed by atoms with Crippen molar-refractivity contribution in [3.63, 3.8) is 0 Å². The van der Waals surface area contributed by atoms with E-state index in [1.54, 1.807) is 6.20 Å². The fourth-order valence-electron chi connectivity index (χ4n) is 1.84. The standard InChI is InChI=1S/C14H15NO/c1-2-3-8-14(16)12-9-10-15-13-7-5-4-6-11(12)13/h2,4-7,9-10,14,16H,1,3,8H2. The number of hydrogen-bond acceptors (Lipinski definition) is 2. The molecule has 1 heterocycles. The van der Waals surface area contributed by atoms with Gasteiger partial charge in [0.25, 0.3) is 0 Å². The van der Waals surface area contributed by atoms with E-state index in [1.807, 2.05) is 36.4 Å². The van der Waals surface area contributed by atoms with Crippen LogP contribution in [0.5, 0.6) is 0 Å². The van der Waals surface area contributed by atoms with Crippen LogP contribution in [-0.4, -0.2) is 10.1 Å². The highest BCUT2D eigenvalue weighted by atomic mass is 16.3. The van der Waals surface area contributed by atoms with Crippen LogP contribution in [0.15, 0.2) is 49.2 Å². The first-order valence-electron chi connectivity index (χ1n) is 5.45. The van der Waals surface area contributed by atoms with E-state index >= 15 is 0 Å². The van der Waals surface area contributed by atoms with Gasteiger partial charge in [-0.1, -0.05) is 24.3 Å². The van der Waals surface area contributed by atoms with Crippen LogP contribution in [0.25, 0.3) is 10.9 Å². The number of hydrogen-bond donors (Lipinski definition) is 1. The molecule has 0 aliphatic heterocycles. The number of aliphatic hydroxyl groups excluding tert-OH is 1. The Morgan fingerprint density at radius 1 is 1.31 bits per heavy atom. The molecule has 82 valence electrons. The Morgan fingerprint density at radius 2 is 2.12 bits per heavy atom. The summed E-state index contributed by atoms with van der Waals surface area (Å²) in [5, 5.41) is 11.1. The summed E-state index contributed by atoms with van der Waals surface area (Å²) in [5.41, 5.74) is 1.88. The molecule has 2 rings (SSSR count). The molecule has 0 aliphatic carbocycles. The molecule has 1 N–H and O–H groups in total. The topological polar surface area (TPSA) is 33.1 Å². The molecule has 1 atom stereocenters. The Bertz CT molecular complexity index is 488. The lowest BCUT2D eigenvalue weighted by molar-refractivity contribution is 0.170. The van der Waals surface area contributed by atoms with Gasteiger partial charge in [0.15, 0.2) is 0 Å². The smallest absolute Gasteiger partial charge is 0.0800 e. The largest absolute Gasteiger partial charge is 0.388 e. The van der Waals surface area contributed by atoms with E-state index in [-0.39, 0.29) is 0 Å². The monoisotopic (exact) mass is 213 g/mol. The van der Waals surface area contributed by atoms with E-state index in [1.165, 1.54) is 0 Å². The first-order chi connectivity index (χ1) is 7.83. The zero-order valence-electron chi connectivity index (χ0n) is 9.13. The summed E-state index contributed by atoms with van der Waals surface area (Å²) in [6.45, 7) is 3.67. The van der Waals surface area contributed by atoms with Gasteiger partial charge in [-0.05, 0) is 30.5 Å². The summed E-state index contributed by atoms with van der Waals surface area (Å²) in [6.07, 6.45) is 4.65. The van der Waals surface area contributed by atoms with Crippen LogP contribution in [0.3, 0.4) is 0 Å². The minimum atomic E-state index is -0.439. The predicted molar refractivity (Wildman–Crippen MR) is 66.1 cm³/mol. The van der Waals surface area contributed by atoms with Crippen LogP contribution in [0, 0.1) is 0 Å². The highest BCUT2D eigenvalue weighted by molar-refractivity contribution is 5.82. The van der Waals surface area contributed by atoms with Crippen LogP contribution in [0.2, 0.25) is 0 Å². The lowest BCUT2D eigenvalue weighted by atomic mass is 10.0. The zero-order valence-corrected chi connectivity index (χ0v) is 9.13. The summed E-state index contributed by atoms with van der Waals surface area (Å²) in [7, 11) is 0. The van der Waals surface area contributed by atoms with Gasteiger partial charge >= 0.3 is 0 Å². The molecule has 0 aliphatic rings. The van der Waals surface area contributed by atoms with E-state index in [0.29, 0.717) is 6.42 Å². The van der Waals surface area contributed by atoms with Gasteiger partial charge in [0.2, 0.25) is 0 Å². The van der Waals surface area contributed by atoms with E-state index in [9.17, 15) is 5.11 Å². The molecular weight excluding hydrogens is 198 g/mol. The van der Waals surface area contributed by atoms with Crippen LogP contribution in [0.4, 0.5) is 0 Å². The normalized spacial score (nSPS) is 12.6. The highest BCUT2D eigenvalue weighted by Crippen LogP contribution is 2.25. The number of fused-ring (bicyclic) bond motifs is 1. The van der Waals surface area contributed by atoms with E-state index in [2.05, 4.69) is 11.6 Å². The van der Waals surface area contributed by atoms with E-state index < -0.39 is 6.10 Å². The second kappa shape index (κ2) is 4.90. The molecule has 0 saturated heterocycles. The molecule has 0 amide bonds. The number of allylic oxidation sites excluding steroid dienone is 1. The van der Waals surface area contributed by atoms with Crippen molar-refractivity contribution < 1.29 is 5.11 Å². The van der Waals surface area contributed by atoms with Crippen molar-refractivity contribution in [1.82, 2.24) is 4.98 Å². The number of pyridine rings is 1. The maximum absolute atomic E-state index is 10.1. The number of benzene rings is 1. The third kappa shape index (κ3) is 2.12. The fourth-order valence-corrected chi connectivity index (χ4v) is 1.84. The van der Waals surface area contributed by atoms with Crippen molar-refractivity contribution in [2.24, 2.45) is 0 Å². The Balaban J connectivity index is 2.39. The zero-order chi connectivity index (χ0) is 11.4. The maximum atomic E-state index is 10.1. The Kier molecular flexibility index (Phi) is 3.32. The lowest BCUT2D eigenvalue weighted by Gasteiger charge is -2.12. The Labute approximate surface area is 95.3 Å². The second-order valence-corrected chi connectivity index (χ2v) is 3.80. The van der Waals surface area contributed by atoms with Gasteiger partial charge < -0.3 is 5.11 Å². The van der Waals surface area contributed by atoms with Gasteiger partial charge in [-0.15, -0.1) is 6.58 Å². The Morgan fingerprint density at radius 3 is 2.94 bits per heavy atom. The molecule has 1 aromatic carbocycles. The summed E-state index contributed by atoms with van der Waals surface area (Å²) in [5.74, 6) is 0. The molecule has 0 spiro atoms. The molecule has 2 aromatic rings. The van der Waals surface area contributed by atoms with Gasteiger partial charge in [-0.3, -0.25) is 4.98 Å². The highest BCUT2D eigenvalue weighted by Gasteiger charge is 2.10. The lowest BCUT2D eigenvalue weighted by Crippen LogP contribution is -1.98. The minimum Gasteiger partial charge on any atom is -0.388 e. The van der Waals surface area contributed by atoms with Gasteiger partial charge in [-0.2, -0.15) is 0 Å². The molecular formula is C14H15NO. The molecule has 16 heavy (non-hydrogen) atoms. The molecule has 0 bridgehead atoms. The summed E-state index contributed by atoms with van der Waals surface area (Å²) in [6, 6.07) is 9.76. The molecule has 0 fully saturated rings. The third-order valence-corrected chi connectivity index (χ3v) is 2.69. The van der Waals surface area contributed by atoms with Crippen molar-refractivity contribution in [3.8, 4) is 0 Å². The molecule has 2 heteroatoms. The Hall–Kier alpha value is -1.67. The van der Waals surface area contributed by atoms with Crippen molar-refractivity contribution in [1.29, 1.82) is 0 Å². The van der Waals surface area contributed by atoms with Gasteiger partial charge in [0.1, 0.15) is 0 Å². The van der Waals surface area contributed by atoms with Gasteiger partial charge in [0, 0.05) is 11.6 Å². The van der Waals surface area contributed by atoms with Gasteiger partial charge in [-0.25, -0.2) is 0 Å². The number of rotatable bonds is 4. The van der Waals surface area contributed by atoms with Gasteiger partial charge in [0.05, 0.1) is 11.6 Å².